The van der Waals surface area contributed by atoms with E-state index in [4.69, 9.17) is 0 Å². The summed E-state index contributed by atoms with van der Waals surface area (Å²) in [5.41, 5.74) is -0.220. The van der Waals surface area contributed by atoms with Gasteiger partial charge in [-0.2, -0.15) is 0 Å². The van der Waals surface area contributed by atoms with E-state index in [1.165, 1.54) is 0 Å². The van der Waals surface area contributed by atoms with Crippen LogP contribution in [-0.4, -0.2) is 23.5 Å². The van der Waals surface area contributed by atoms with Crippen molar-refractivity contribution in [3.8, 4) is 0 Å². The molecule has 2 N–H and O–H groups in total. The van der Waals surface area contributed by atoms with Crippen LogP contribution in [-0.2, 0) is 15.0 Å². The van der Waals surface area contributed by atoms with Gasteiger partial charge < -0.3 is 10.4 Å². The molecule has 1 atom stereocenters. The number of rotatable bonds is 2. The minimum atomic E-state index is -0.979. The first-order valence-electron chi connectivity index (χ1n) is 5.71. The van der Waals surface area contributed by atoms with E-state index < -0.39 is 11.4 Å². The van der Waals surface area contributed by atoms with Gasteiger partial charge in [0.05, 0.1) is 0 Å². The van der Waals surface area contributed by atoms with Crippen LogP contribution >= 0.6 is 0 Å². The van der Waals surface area contributed by atoms with E-state index in [1.54, 1.807) is 0 Å². The Morgan fingerprint density at radius 3 is 2.65 bits per heavy atom. The largest absolute Gasteiger partial charge is 0.481 e. The van der Waals surface area contributed by atoms with Gasteiger partial charge in [0.1, 0.15) is 5.41 Å². The summed E-state index contributed by atoms with van der Waals surface area (Å²) in [5.74, 6) is -0.935. The van der Waals surface area contributed by atoms with Gasteiger partial charge in [0.15, 0.2) is 0 Å². The molecule has 0 bridgehead atoms. The van der Waals surface area contributed by atoms with Gasteiger partial charge >= 0.3 is 5.97 Å². The van der Waals surface area contributed by atoms with Crippen molar-refractivity contribution in [3.05, 3.63) is 35.9 Å². The second kappa shape index (κ2) is 4.57. The van der Waals surface area contributed by atoms with Crippen LogP contribution in [0.25, 0.3) is 0 Å². The molecule has 1 unspecified atom stereocenters. The van der Waals surface area contributed by atoms with Gasteiger partial charge in [-0.25, -0.2) is 0 Å². The number of amides is 1. The molecular formula is C13H15NO3. The van der Waals surface area contributed by atoms with E-state index >= 15 is 0 Å². The van der Waals surface area contributed by atoms with E-state index in [0.717, 1.165) is 5.56 Å². The highest BCUT2D eigenvalue weighted by Gasteiger charge is 2.41. The molecule has 4 heteroatoms. The summed E-state index contributed by atoms with van der Waals surface area (Å²) in [6.07, 6.45) is 1.50. The van der Waals surface area contributed by atoms with E-state index in [2.05, 4.69) is 5.32 Å². The van der Waals surface area contributed by atoms with Crippen molar-refractivity contribution < 1.29 is 14.7 Å². The molecule has 90 valence electrons. The number of carboxylic acids is 1. The summed E-state index contributed by atoms with van der Waals surface area (Å²) in [6.45, 7) is 0.172. The van der Waals surface area contributed by atoms with Crippen LogP contribution in [0.3, 0.4) is 0 Å². The third-order valence-corrected chi connectivity index (χ3v) is 3.33. The SMILES string of the molecule is O=C1CCCC(C(=O)O)(c2ccccc2)CN1. The van der Waals surface area contributed by atoms with Gasteiger partial charge in [-0.3, -0.25) is 9.59 Å². The van der Waals surface area contributed by atoms with Gasteiger partial charge in [0, 0.05) is 13.0 Å². The maximum absolute atomic E-state index is 11.6. The average Bonchev–Trinajstić information content (AvgIpc) is 2.53. The number of benzene rings is 1. The molecule has 1 heterocycles. The minimum absolute atomic E-state index is 0.0657. The molecule has 4 nitrogen and oxygen atoms in total. The second-order valence-electron chi connectivity index (χ2n) is 4.38. The molecule has 17 heavy (non-hydrogen) atoms. The number of carbonyl (C=O) groups is 2. The standard InChI is InChI=1S/C13H15NO3/c15-11-7-4-8-13(9-14-11,12(16)17)10-5-2-1-3-6-10/h1-3,5-6H,4,7-9H2,(H,14,15)(H,16,17). The Morgan fingerprint density at radius 2 is 2.00 bits per heavy atom. The zero-order chi connectivity index (χ0) is 12.3. The first-order valence-corrected chi connectivity index (χ1v) is 5.71. The zero-order valence-corrected chi connectivity index (χ0v) is 9.48. The van der Waals surface area contributed by atoms with Crippen LogP contribution in [0.2, 0.25) is 0 Å². The molecule has 1 saturated heterocycles. The lowest BCUT2D eigenvalue weighted by Crippen LogP contribution is -2.44. The molecule has 1 aliphatic heterocycles. The van der Waals surface area contributed by atoms with Crippen LogP contribution in [0.4, 0.5) is 0 Å². The van der Waals surface area contributed by atoms with E-state index in [9.17, 15) is 14.7 Å². The highest BCUT2D eigenvalue weighted by molar-refractivity contribution is 5.84. The minimum Gasteiger partial charge on any atom is -0.481 e. The molecule has 2 rings (SSSR count). The van der Waals surface area contributed by atoms with Crippen LogP contribution in [0.5, 0.6) is 0 Å². The molecule has 1 aromatic rings. The molecule has 1 amide bonds. The zero-order valence-electron chi connectivity index (χ0n) is 9.48. The number of hydrogen-bond donors (Lipinski definition) is 2. The van der Waals surface area contributed by atoms with Crippen LogP contribution in [0.15, 0.2) is 30.3 Å². The highest BCUT2D eigenvalue weighted by atomic mass is 16.4. The van der Waals surface area contributed by atoms with Crippen molar-refractivity contribution in [2.75, 3.05) is 6.54 Å². The van der Waals surface area contributed by atoms with E-state index in [1.807, 2.05) is 30.3 Å². The molecular weight excluding hydrogens is 218 g/mol. The fourth-order valence-corrected chi connectivity index (χ4v) is 2.29. The van der Waals surface area contributed by atoms with Crippen LogP contribution in [0.1, 0.15) is 24.8 Å². The van der Waals surface area contributed by atoms with Gasteiger partial charge in [-0.05, 0) is 18.4 Å². The number of hydrogen-bond acceptors (Lipinski definition) is 2. The lowest BCUT2D eigenvalue weighted by molar-refractivity contribution is -0.144. The molecule has 1 fully saturated rings. The second-order valence-corrected chi connectivity index (χ2v) is 4.38. The quantitative estimate of drug-likeness (QED) is 0.809. The molecule has 0 saturated carbocycles. The Balaban J connectivity index is 2.39. The van der Waals surface area contributed by atoms with E-state index in [0.29, 0.717) is 19.3 Å². The number of carbonyl (C=O) groups excluding carboxylic acids is 1. The summed E-state index contributed by atoms with van der Waals surface area (Å²) in [4.78, 5) is 22.9. The molecule has 1 aromatic carbocycles. The fraction of sp³-hybridized carbons (Fsp3) is 0.385. The molecule has 0 aliphatic carbocycles. The van der Waals surface area contributed by atoms with Gasteiger partial charge in [0.25, 0.3) is 0 Å². The molecule has 0 aromatic heterocycles. The van der Waals surface area contributed by atoms with Crippen molar-refractivity contribution in [1.82, 2.24) is 5.32 Å². The van der Waals surface area contributed by atoms with Crippen molar-refractivity contribution in [1.29, 1.82) is 0 Å². The van der Waals surface area contributed by atoms with Gasteiger partial charge in [-0.1, -0.05) is 30.3 Å². The monoisotopic (exact) mass is 233 g/mol. The predicted molar refractivity (Wildman–Crippen MR) is 62.6 cm³/mol. The van der Waals surface area contributed by atoms with Crippen molar-refractivity contribution >= 4 is 11.9 Å². The Labute approximate surface area is 99.6 Å². The first kappa shape index (κ1) is 11.6. The highest BCUT2D eigenvalue weighted by Crippen LogP contribution is 2.31. The normalized spacial score (nSPS) is 24.8. The van der Waals surface area contributed by atoms with Gasteiger partial charge in [0.2, 0.25) is 5.91 Å². The molecule has 0 spiro atoms. The summed E-state index contributed by atoms with van der Waals surface area (Å²) in [7, 11) is 0. The lowest BCUT2D eigenvalue weighted by Gasteiger charge is -2.28. The summed E-state index contributed by atoms with van der Waals surface area (Å²) < 4.78 is 0. The maximum atomic E-state index is 11.6. The predicted octanol–water partition coefficient (Wildman–Crippen LogP) is 1.31. The number of nitrogens with one attached hydrogen (secondary N) is 1. The number of carboxylic acid groups (broad SMARTS) is 1. The molecule has 1 aliphatic rings. The summed E-state index contributed by atoms with van der Waals surface area (Å²) >= 11 is 0. The van der Waals surface area contributed by atoms with Gasteiger partial charge in [-0.15, -0.1) is 0 Å². The average molecular weight is 233 g/mol. The van der Waals surface area contributed by atoms with Crippen molar-refractivity contribution in [3.63, 3.8) is 0 Å². The Morgan fingerprint density at radius 1 is 1.29 bits per heavy atom. The smallest absolute Gasteiger partial charge is 0.315 e. The third kappa shape index (κ3) is 2.16. The summed E-state index contributed by atoms with van der Waals surface area (Å²) in [6, 6.07) is 9.13. The topological polar surface area (TPSA) is 66.4 Å². The van der Waals surface area contributed by atoms with E-state index in [-0.39, 0.29) is 12.5 Å². The molecule has 0 radical (unpaired) electrons. The van der Waals surface area contributed by atoms with Crippen LogP contribution in [0, 0.1) is 0 Å². The number of aliphatic carboxylic acids is 1. The Kier molecular flexibility index (Phi) is 3.13. The Hall–Kier alpha value is -1.84. The van der Waals surface area contributed by atoms with Crippen LogP contribution < -0.4 is 5.32 Å². The van der Waals surface area contributed by atoms with Crippen molar-refractivity contribution in [2.45, 2.75) is 24.7 Å². The lowest BCUT2D eigenvalue weighted by atomic mass is 9.77. The maximum Gasteiger partial charge on any atom is 0.315 e. The Bertz CT molecular complexity index is 430. The van der Waals surface area contributed by atoms with Crippen molar-refractivity contribution in [2.24, 2.45) is 0 Å². The third-order valence-electron chi connectivity index (χ3n) is 3.33. The fourth-order valence-electron chi connectivity index (χ4n) is 2.29. The first-order chi connectivity index (χ1) is 8.15. The summed E-state index contributed by atoms with van der Waals surface area (Å²) in [5, 5.41) is 12.2.